The predicted molar refractivity (Wildman–Crippen MR) is 148 cm³/mol. The number of hydrogen-bond donors (Lipinski definition) is 11. The molecular formula is C23H42N10O9. The molecule has 0 aliphatic rings. The monoisotopic (exact) mass is 602 g/mol. The quantitative estimate of drug-likeness (QED) is 0.0332. The summed E-state index contributed by atoms with van der Waals surface area (Å²) in [6.45, 7) is -0.595. The summed E-state index contributed by atoms with van der Waals surface area (Å²) in [6.07, 6.45) is 1.33. The van der Waals surface area contributed by atoms with Crippen molar-refractivity contribution in [1.82, 2.24) is 31.9 Å². The van der Waals surface area contributed by atoms with Gasteiger partial charge in [0.1, 0.15) is 24.7 Å². The fourth-order valence-electron chi connectivity index (χ4n) is 3.23. The molecule has 0 unspecified atom stereocenters. The van der Waals surface area contributed by atoms with E-state index >= 15 is 0 Å². The van der Waals surface area contributed by atoms with Crippen LogP contribution in [0.4, 0.5) is 0 Å². The first-order valence-corrected chi connectivity index (χ1v) is 13.1. The summed E-state index contributed by atoms with van der Waals surface area (Å²) in [6, 6.07) is -3.51. The number of aliphatic hydroxyl groups is 1. The highest BCUT2D eigenvalue weighted by molar-refractivity contribution is 5.94. The number of aliphatic hydroxyl groups excluding tert-OH is 1. The lowest BCUT2D eigenvalue weighted by Gasteiger charge is -2.20. The van der Waals surface area contributed by atoms with Crippen molar-refractivity contribution in [3.8, 4) is 0 Å². The molecule has 0 aliphatic carbocycles. The number of nitrogens with zero attached hydrogens (tertiary/aromatic N) is 1. The van der Waals surface area contributed by atoms with Gasteiger partial charge in [-0.05, 0) is 32.1 Å². The third-order valence-electron chi connectivity index (χ3n) is 5.34. The van der Waals surface area contributed by atoms with Crippen LogP contribution in [0.1, 0.15) is 39.0 Å². The first kappa shape index (κ1) is 37.5. The number of guanidine groups is 1. The van der Waals surface area contributed by atoms with Gasteiger partial charge in [0, 0.05) is 20.0 Å². The second kappa shape index (κ2) is 21.3. The third-order valence-corrected chi connectivity index (χ3v) is 5.34. The minimum atomic E-state index is -1.28. The molecule has 238 valence electrons. The number of carboxylic acids is 1. The molecule has 14 N–H and O–H groups in total. The number of nitrogens with two attached hydrogens (primary N) is 3. The van der Waals surface area contributed by atoms with Crippen LogP contribution in [0.15, 0.2) is 4.99 Å². The number of aliphatic imine (C=N–C) groups is 1. The number of unbranched alkanes of at least 4 members (excludes halogenated alkanes) is 1. The van der Waals surface area contributed by atoms with Gasteiger partial charge in [0.25, 0.3) is 0 Å². The Bertz CT molecular complexity index is 972. The first-order chi connectivity index (χ1) is 19.8. The number of rotatable bonds is 21. The highest BCUT2D eigenvalue weighted by Crippen LogP contribution is 2.02. The van der Waals surface area contributed by atoms with Gasteiger partial charge in [-0.1, -0.05) is 0 Å². The van der Waals surface area contributed by atoms with E-state index in [0.29, 0.717) is 19.4 Å². The number of hydrogen-bond acceptors (Lipinski definition) is 10. The van der Waals surface area contributed by atoms with Crippen molar-refractivity contribution in [3.05, 3.63) is 0 Å². The van der Waals surface area contributed by atoms with Crippen molar-refractivity contribution in [2.45, 2.75) is 57.2 Å². The standard InChI is InChI=1S/C23H42N10O9/c1-13(35)27-7-3-2-5-15(22(42)31-11-19(38)39)32-18(37)10-30-21(41)16(6-4-8-28-23(25)26)33-17(36)9-29-20(40)14(24)12-34/h14-16,34H,2-12,24H2,1H3,(H,27,35)(H,29,40)(H,30,41)(H,31,42)(H,32,37)(H,33,36)(H,38,39)(H4,25,26,28)/t14-,15-,16-/m0/s1. The number of nitrogens with one attached hydrogen (secondary N) is 6. The predicted octanol–water partition coefficient (Wildman–Crippen LogP) is -5.93. The van der Waals surface area contributed by atoms with Crippen LogP contribution < -0.4 is 49.1 Å². The lowest BCUT2D eigenvalue weighted by Crippen LogP contribution is -2.54. The zero-order chi connectivity index (χ0) is 32.1. The van der Waals surface area contributed by atoms with E-state index in [2.05, 4.69) is 36.9 Å². The van der Waals surface area contributed by atoms with Crippen molar-refractivity contribution in [3.63, 3.8) is 0 Å². The van der Waals surface area contributed by atoms with E-state index in [1.54, 1.807) is 0 Å². The molecule has 0 aromatic carbocycles. The van der Waals surface area contributed by atoms with Crippen molar-refractivity contribution in [2.75, 3.05) is 39.3 Å². The molecule has 0 bridgehead atoms. The summed E-state index contributed by atoms with van der Waals surface area (Å²) >= 11 is 0. The van der Waals surface area contributed by atoms with Crippen molar-refractivity contribution >= 4 is 47.4 Å². The Morgan fingerprint density at radius 3 is 1.71 bits per heavy atom. The topological polar surface area (TPSA) is 323 Å². The number of carbonyl (C=O) groups excluding carboxylic acids is 6. The molecule has 0 radical (unpaired) electrons. The Morgan fingerprint density at radius 2 is 1.24 bits per heavy atom. The van der Waals surface area contributed by atoms with Crippen molar-refractivity contribution in [1.29, 1.82) is 0 Å². The van der Waals surface area contributed by atoms with Gasteiger partial charge in [-0.15, -0.1) is 0 Å². The summed E-state index contributed by atoms with van der Waals surface area (Å²) in [5.74, 6) is -5.49. The van der Waals surface area contributed by atoms with E-state index in [9.17, 15) is 33.6 Å². The molecule has 0 heterocycles. The minimum Gasteiger partial charge on any atom is -0.480 e. The van der Waals surface area contributed by atoms with Crippen LogP contribution in [0.3, 0.4) is 0 Å². The second-order valence-electron chi connectivity index (χ2n) is 9.00. The maximum Gasteiger partial charge on any atom is 0.322 e. The van der Waals surface area contributed by atoms with Gasteiger partial charge in [0.05, 0.1) is 19.7 Å². The Kier molecular flexibility index (Phi) is 19.0. The summed E-state index contributed by atoms with van der Waals surface area (Å²) < 4.78 is 0. The number of carbonyl (C=O) groups is 7. The van der Waals surface area contributed by atoms with Crippen LogP contribution in [-0.4, -0.2) is 115 Å². The highest BCUT2D eigenvalue weighted by Gasteiger charge is 2.24. The van der Waals surface area contributed by atoms with E-state index < -0.39 is 79.9 Å². The van der Waals surface area contributed by atoms with E-state index in [1.165, 1.54) is 6.92 Å². The smallest absolute Gasteiger partial charge is 0.322 e. The second-order valence-corrected chi connectivity index (χ2v) is 9.00. The lowest BCUT2D eigenvalue weighted by atomic mass is 10.1. The molecule has 0 spiro atoms. The van der Waals surface area contributed by atoms with Gasteiger partial charge in [-0.2, -0.15) is 0 Å². The number of aliphatic carboxylic acids is 1. The van der Waals surface area contributed by atoms with E-state index in [4.69, 9.17) is 27.4 Å². The van der Waals surface area contributed by atoms with Crippen LogP contribution in [-0.2, 0) is 33.6 Å². The van der Waals surface area contributed by atoms with Gasteiger partial charge in [0.2, 0.25) is 35.4 Å². The molecule has 0 rings (SSSR count). The molecule has 19 heteroatoms. The largest absolute Gasteiger partial charge is 0.480 e. The van der Waals surface area contributed by atoms with E-state index in [0.717, 1.165) is 0 Å². The van der Waals surface area contributed by atoms with Gasteiger partial charge >= 0.3 is 5.97 Å². The van der Waals surface area contributed by atoms with Gasteiger partial charge in [-0.25, -0.2) is 0 Å². The molecule has 0 saturated carbocycles. The third kappa shape index (κ3) is 18.7. The summed E-state index contributed by atoms with van der Waals surface area (Å²) in [5.41, 5.74) is 15.9. The molecule has 3 atom stereocenters. The van der Waals surface area contributed by atoms with E-state index in [-0.39, 0.29) is 37.7 Å². The average Bonchev–Trinajstić information content (AvgIpc) is 2.93. The molecule has 0 aromatic heterocycles. The Hall–Kier alpha value is -4.52. The minimum absolute atomic E-state index is 0.0502. The average molecular weight is 603 g/mol. The molecule has 0 aliphatic heterocycles. The van der Waals surface area contributed by atoms with Crippen LogP contribution in [0.5, 0.6) is 0 Å². The lowest BCUT2D eigenvalue weighted by molar-refractivity contribution is -0.138. The fraction of sp³-hybridized carbons (Fsp3) is 0.652. The summed E-state index contributed by atoms with van der Waals surface area (Å²) in [4.78, 5) is 87.3. The first-order valence-electron chi connectivity index (χ1n) is 13.1. The zero-order valence-corrected chi connectivity index (χ0v) is 23.4. The Morgan fingerprint density at radius 1 is 0.738 bits per heavy atom. The summed E-state index contributed by atoms with van der Waals surface area (Å²) in [7, 11) is 0. The normalized spacial score (nSPS) is 12.5. The number of amides is 6. The van der Waals surface area contributed by atoms with E-state index in [1.807, 2.05) is 0 Å². The maximum absolute atomic E-state index is 12.8. The number of carboxylic acid groups (broad SMARTS) is 1. The fourth-order valence-corrected chi connectivity index (χ4v) is 3.23. The van der Waals surface area contributed by atoms with Crippen LogP contribution >= 0.6 is 0 Å². The van der Waals surface area contributed by atoms with Crippen LogP contribution in [0.25, 0.3) is 0 Å². The molecule has 42 heavy (non-hydrogen) atoms. The van der Waals surface area contributed by atoms with Gasteiger partial charge in [0.15, 0.2) is 5.96 Å². The molecule has 0 fully saturated rings. The van der Waals surface area contributed by atoms with Gasteiger partial charge < -0.3 is 59.3 Å². The SMILES string of the molecule is CC(=O)NCCCC[C@H](NC(=O)CNC(=O)[C@H](CCCN=C(N)N)NC(=O)CNC(=O)[C@@H](N)CO)C(=O)NCC(=O)O. The summed E-state index contributed by atoms with van der Waals surface area (Å²) in [5, 5.41) is 31.9. The molecular weight excluding hydrogens is 560 g/mol. The Labute approximate surface area is 242 Å². The van der Waals surface area contributed by atoms with Crippen LogP contribution in [0.2, 0.25) is 0 Å². The highest BCUT2D eigenvalue weighted by atomic mass is 16.4. The Balaban J connectivity index is 5.17. The van der Waals surface area contributed by atoms with Crippen molar-refractivity contribution in [2.24, 2.45) is 22.2 Å². The van der Waals surface area contributed by atoms with Crippen LogP contribution in [0, 0.1) is 0 Å². The maximum atomic E-state index is 12.8. The molecule has 6 amide bonds. The zero-order valence-electron chi connectivity index (χ0n) is 23.4. The molecule has 19 nitrogen and oxygen atoms in total. The molecule has 0 saturated heterocycles. The van der Waals surface area contributed by atoms with Gasteiger partial charge in [-0.3, -0.25) is 38.6 Å². The van der Waals surface area contributed by atoms with Crippen molar-refractivity contribution < 1.29 is 43.8 Å². The molecule has 0 aromatic rings.